The Balaban J connectivity index is 2.06. The fraction of sp³-hybridized carbons (Fsp3) is 0.0714. The number of nitrogens with zero attached hydrogens (tertiary/aromatic N) is 3. The Labute approximate surface area is 124 Å². The van der Waals surface area contributed by atoms with Crippen molar-refractivity contribution in [2.45, 2.75) is 4.34 Å². The molecule has 0 saturated carbocycles. The minimum Gasteiger partial charge on any atom is -0.435 e. The summed E-state index contributed by atoms with van der Waals surface area (Å²) in [4.78, 5) is 9.11. The Morgan fingerprint density at radius 1 is 1.30 bits per heavy atom. The van der Waals surface area contributed by atoms with Crippen molar-refractivity contribution in [3.05, 3.63) is 41.4 Å². The quantitative estimate of drug-likeness (QED) is 0.682. The predicted molar refractivity (Wildman–Crippen MR) is 80.4 cm³/mol. The molecule has 0 atom stereocenters. The lowest BCUT2D eigenvalue weighted by molar-refractivity contribution is 0.466. The van der Waals surface area contributed by atoms with E-state index >= 15 is 0 Å². The van der Waals surface area contributed by atoms with E-state index in [9.17, 15) is 0 Å². The van der Waals surface area contributed by atoms with E-state index in [0.29, 0.717) is 16.5 Å². The number of benzene rings is 1. The van der Waals surface area contributed by atoms with E-state index in [1.54, 1.807) is 6.20 Å². The second-order valence-electron chi connectivity index (χ2n) is 3.86. The number of rotatable bonds is 3. The van der Waals surface area contributed by atoms with E-state index in [4.69, 9.17) is 10.00 Å². The number of para-hydroxylation sites is 1. The molecule has 0 amide bonds. The van der Waals surface area contributed by atoms with Crippen LogP contribution in [0.3, 0.4) is 0 Å². The summed E-state index contributed by atoms with van der Waals surface area (Å²) in [6.07, 6.45) is 3.64. The van der Waals surface area contributed by atoms with E-state index < -0.39 is 0 Å². The molecular weight excluding hydrogens is 290 g/mol. The summed E-state index contributed by atoms with van der Waals surface area (Å²) >= 11 is 2.82. The molecule has 3 aromatic rings. The van der Waals surface area contributed by atoms with Crippen molar-refractivity contribution in [2.24, 2.45) is 0 Å². The van der Waals surface area contributed by atoms with E-state index in [2.05, 4.69) is 16.0 Å². The van der Waals surface area contributed by atoms with Crippen molar-refractivity contribution in [3.8, 4) is 17.7 Å². The zero-order valence-electron chi connectivity index (χ0n) is 10.5. The van der Waals surface area contributed by atoms with Gasteiger partial charge in [0.25, 0.3) is 0 Å². The molecule has 0 radical (unpaired) electrons. The molecule has 20 heavy (non-hydrogen) atoms. The third kappa shape index (κ3) is 2.33. The first-order chi connectivity index (χ1) is 9.81. The lowest BCUT2D eigenvalue weighted by Gasteiger charge is -2.05. The number of ether oxygens (including phenoxy) is 1. The molecule has 0 unspecified atom stereocenters. The third-order valence-electron chi connectivity index (χ3n) is 2.65. The van der Waals surface area contributed by atoms with Crippen molar-refractivity contribution in [2.75, 3.05) is 6.26 Å². The zero-order valence-corrected chi connectivity index (χ0v) is 12.2. The monoisotopic (exact) mass is 299 g/mol. The van der Waals surface area contributed by atoms with Crippen molar-refractivity contribution in [1.29, 1.82) is 5.26 Å². The van der Waals surface area contributed by atoms with Crippen LogP contribution in [0.2, 0.25) is 0 Å². The van der Waals surface area contributed by atoms with Crippen molar-refractivity contribution in [1.82, 2.24) is 9.97 Å². The Hall–Kier alpha value is -2.10. The Bertz CT molecular complexity index is 802. The number of aromatic nitrogens is 2. The number of nitriles is 1. The van der Waals surface area contributed by atoms with Crippen LogP contribution < -0.4 is 4.74 Å². The largest absolute Gasteiger partial charge is 0.435 e. The summed E-state index contributed by atoms with van der Waals surface area (Å²) in [7, 11) is 0. The van der Waals surface area contributed by atoms with Gasteiger partial charge >= 0.3 is 0 Å². The minimum absolute atomic E-state index is 0.347. The van der Waals surface area contributed by atoms with Crippen LogP contribution in [0.5, 0.6) is 11.6 Å². The molecular formula is C14H9N3OS2. The number of pyridine rings is 1. The van der Waals surface area contributed by atoms with E-state index in [-0.39, 0.29) is 0 Å². The SMILES string of the molecule is CSc1nc(Oc2cccc3cccnc23)c(C#N)s1. The highest BCUT2D eigenvalue weighted by Crippen LogP contribution is 2.34. The number of hydrogen-bond acceptors (Lipinski definition) is 6. The fourth-order valence-corrected chi connectivity index (χ4v) is 3.06. The van der Waals surface area contributed by atoms with Gasteiger partial charge in [0.1, 0.15) is 11.6 Å². The second-order valence-corrected chi connectivity index (χ2v) is 5.92. The van der Waals surface area contributed by atoms with E-state index in [0.717, 1.165) is 15.2 Å². The summed E-state index contributed by atoms with van der Waals surface area (Å²) in [6.45, 7) is 0. The summed E-state index contributed by atoms with van der Waals surface area (Å²) in [5.74, 6) is 0.956. The van der Waals surface area contributed by atoms with Crippen LogP contribution in [-0.2, 0) is 0 Å². The molecule has 0 aliphatic rings. The maximum atomic E-state index is 9.13. The first-order valence-corrected chi connectivity index (χ1v) is 7.82. The molecule has 0 aliphatic heterocycles. The zero-order chi connectivity index (χ0) is 13.9. The van der Waals surface area contributed by atoms with Gasteiger partial charge in [-0.2, -0.15) is 10.2 Å². The highest BCUT2D eigenvalue weighted by molar-refractivity contribution is 8.00. The first-order valence-electron chi connectivity index (χ1n) is 5.78. The number of hydrogen-bond donors (Lipinski definition) is 0. The van der Waals surface area contributed by atoms with Gasteiger partial charge in [-0.05, 0) is 18.4 Å². The van der Waals surface area contributed by atoms with Gasteiger partial charge in [-0.3, -0.25) is 4.98 Å². The number of thioether (sulfide) groups is 1. The molecule has 6 heteroatoms. The lowest BCUT2D eigenvalue weighted by Crippen LogP contribution is -1.89. The van der Waals surface area contributed by atoms with Crippen LogP contribution in [0.15, 0.2) is 40.9 Å². The molecule has 2 aromatic heterocycles. The highest BCUT2D eigenvalue weighted by atomic mass is 32.2. The van der Waals surface area contributed by atoms with Crippen molar-refractivity contribution in [3.63, 3.8) is 0 Å². The van der Waals surface area contributed by atoms with E-state index in [1.807, 2.05) is 36.6 Å². The lowest BCUT2D eigenvalue weighted by atomic mass is 10.2. The fourth-order valence-electron chi connectivity index (χ4n) is 1.78. The van der Waals surface area contributed by atoms with Crippen molar-refractivity contribution < 1.29 is 4.74 Å². The van der Waals surface area contributed by atoms with Gasteiger partial charge in [0.05, 0.1) is 0 Å². The van der Waals surface area contributed by atoms with Gasteiger partial charge in [0, 0.05) is 11.6 Å². The molecule has 0 saturated heterocycles. The average Bonchev–Trinajstić information content (AvgIpc) is 2.90. The molecule has 0 spiro atoms. The van der Waals surface area contributed by atoms with Crippen molar-refractivity contribution >= 4 is 34.0 Å². The van der Waals surface area contributed by atoms with Crippen LogP contribution in [-0.4, -0.2) is 16.2 Å². The summed E-state index contributed by atoms with van der Waals surface area (Å²) in [6, 6.07) is 11.7. The second kappa shape index (κ2) is 5.49. The highest BCUT2D eigenvalue weighted by Gasteiger charge is 2.14. The molecule has 1 aromatic carbocycles. The van der Waals surface area contributed by atoms with Gasteiger partial charge in [-0.25, -0.2) is 0 Å². The normalized spacial score (nSPS) is 10.4. The Kier molecular flexibility index (Phi) is 3.54. The standard InChI is InChI=1S/C14H9N3OS2/c1-19-14-17-13(11(8-15)20-14)18-10-6-2-4-9-5-3-7-16-12(9)10/h2-7H,1H3. The topological polar surface area (TPSA) is 58.8 Å². The molecule has 0 N–H and O–H groups in total. The van der Waals surface area contributed by atoms with Crippen LogP contribution in [0.25, 0.3) is 10.9 Å². The summed E-state index contributed by atoms with van der Waals surface area (Å²) in [5.41, 5.74) is 0.762. The van der Waals surface area contributed by atoms with Gasteiger partial charge in [-0.15, -0.1) is 0 Å². The first kappa shape index (κ1) is 12.9. The molecule has 2 heterocycles. The average molecular weight is 299 g/mol. The third-order valence-corrected chi connectivity index (χ3v) is 4.58. The molecule has 4 nitrogen and oxygen atoms in total. The summed E-state index contributed by atoms with van der Waals surface area (Å²) in [5, 5.41) is 10.1. The van der Waals surface area contributed by atoms with Gasteiger partial charge in [0.15, 0.2) is 15.0 Å². The van der Waals surface area contributed by atoms with Crippen LogP contribution in [0.4, 0.5) is 0 Å². The summed E-state index contributed by atoms with van der Waals surface area (Å²) < 4.78 is 6.61. The van der Waals surface area contributed by atoms with Gasteiger partial charge < -0.3 is 4.74 Å². The van der Waals surface area contributed by atoms with E-state index in [1.165, 1.54) is 23.1 Å². The molecule has 3 rings (SSSR count). The number of thiazole rings is 1. The molecule has 0 bridgehead atoms. The molecule has 0 fully saturated rings. The predicted octanol–water partition coefficient (Wildman–Crippen LogP) is 4.08. The molecule has 98 valence electrons. The van der Waals surface area contributed by atoms with Crippen LogP contribution in [0, 0.1) is 11.3 Å². The maximum absolute atomic E-state index is 9.13. The minimum atomic E-state index is 0.347. The smallest absolute Gasteiger partial charge is 0.249 e. The maximum Gasteiger partial charge on any atom is 0.249 e. The van der Waals surface area contributed by atoms with Gasteiger partial charge in [-0.1, -0.05) is 41.3 Å². The Morgan fingerprint density at radius 2 is 2.15 bits per heavy atom. The molecule has 0 aliphatic carbocycles. The van der Waals surface area contributed by atoms with Crippen LogP contribution >= 0.6 is 23.1 Å². The van der Waals surface area contributed by atoms with Gasteiger partial charge in [0.2, 0.25) is 5.88 Å². The van der Waals surface area contributed by atoms with Crippen LogP contribution in [0.1, 0.15) is 4.88 Å². The Morgan fingerprint density at radius 3 is 2.95 bits per heavy atom. The number of fused-ring (bicyclic) bond motifs is 1.